The van der Waals surface area contributed by atoms with Crippen molar-refractivity contribution in [2.24, 2.45) is 5.73 Å². The van der Waals surface area contributed by atoms with Gasteiger partial charge in [-0.3, -0.25) is 14.9 Å². The number of carboxylic acids is 1. The Morgan fingerprint density at radius 1 is 1.47 bits per heavy atom. The Kier molecular flexibility index (Phi) is 4.15. The van der Waals surface area contributed by atoms with Crippen LogP contribution in [0.4, 0.5) is 10.1 Å². The summed E-state index contributed by atoms with van der Waals surface area (Å²) in [6.07, 6.45) is -0.339. The molecule has 1 amide bonds. The van der Waals surface area contributed by atoms with Gasteiger partial charge in [0.15, 0.2) is 0 Å². The van der Waals surface area contributed by atoms with Crippen LogP contribution in [0.1, 0.15) is 22.3 Å². The summed E-state index contributed by atoms with van der Waals surface area (Å²) < 4.78 is 13.5. The molecule has 98 valence electrons. The van der Waals surface area contributed by atoms with Crippen molar-refractivity contribution in [2.45, 2.75) is 6.42 Å². The fourth-order valence-electron chi connectivity index (χ4n) is 1.21. The van der Waals surface area contributed by atoms with Crippen molar-refractivity contribution < 1.29 is 24.0 Å². The highest BCUT2D eigenvalue weighted by Gasteiger charge is 2.22. The Morgan fingerprint density at radius 3 is 2.58 bits per heavy atom. The number of nitrogens with zero attached hydrogens (tertiary/aromatic N) is 1. The van der Waals surface area contributed by atoms with Crippen LogP contribution in [-0.2, 0) is 4.79 Å². The first-order valence-electron chi connectivity index (χ1n) is 4.81. The zero-order valence-electron chi connectivity index (χ0n) is 9.34. The molecule has 0 unspecified atom stereocenters. The average molecular weight is 266 g/mol. The Bertz CT molecular complexity index is 630. The lowest BCUT2D eigenvalue weighted by atomic mass is 10.1. The van der Waals surface area contributed by atoms with E-state index in [0.29, 0.717) is 12.1 Å². The van der Waals surface area contributed by atoms with Crippen molar-refractivity contribution >= 4 is 17.6 Å². The standard InChI is InChI=1S/C11H7FN2O5/c12-8-5-7(11(16)17)9(14(18)19)4-6(8)2-1-3-10(13)15/h4-5H,3H2,(H2,13,15)(H,16,17). The van der Waals surface area contributed by atoms with Gasteiger partial charge in [0.2, 0.25) is 5.91 Å². The Labute approximate surface area is 106 Å². The van der Waals surface area contributed by atoms with Crippen molar-refractivity contribution in [1.82, 2.24) is 0 Å². The van der Waals surface area contributed by atoms with Crippen LogP contribution in [0.3, 0.4) is 0 Å². The lowest BCUT2D eigenvalue weighted by Gasteiger charge is -2.00. The number of nitro groups is 1. The van der Waals surface area contributed by atoms with E-state index in [1.54, 1.807) is 0 Å². The van der Waals surface area contributed by atoms with Gasteiger partial charge in [0.25, 0.3) is 5.69 Å². The second-order valence-corrected chi connectivity index (χ2v) is 3.36. The average Bonchev–Trinajstić information content (AvgIpc) is 2.29. The minimum absolute atomic E-state index is 0.339. The van der Waals surface area contributed by atoms with Crippen LogP contribution in [-0.4, -0.2) is 21.9 Å². The summed E-state index contributed by atoms with van der Waals surface area (Å²) in [6, 6.07) is 1.21. The minimum Gasteiger partial charge on any atom is -0.477 e. The predicted octanol–water partition coefficient (Wildman–Crippen LogP) is 0.659. The van der Waals surface area contributed by atoms with Gasteiger partial charge in [-0.25, -0.2) is 9.18 Å². The van der Waals surface area contributed by atoms with E-state index >= 15 is 0 Å². The number of carbonyl (C=O) groups is 2. The smallest absolute Gasteiger partial charge is 0.342 e. The molecule has 0 aliphatic rings. The molecule has 1 rings (SSSR count). The maximum absolute atomic E-state index is 13.5. The maximum Gasteiger partial charge on any atom is 0.342 e. The van der Waals surface area contributed by atoms with Gasteiger partial charge in [0, 0.05) is 6.07 Å². The van der Waals surface area contributed by atoms with E-state index in [9.17, 15) is 24.1 Å². The summed E-state index contributed by atoms with van der Waals surface area (Å²) >= 11 is 0. The number of amides is 1. The summed E-state index contributed by atoms with van der Waals surface area (Å²) in [4.78, 5) is 30.9. The van der Waals surface area contributed by atoms with E-state index in [1.165, 1.54) is 0 Å². The van der Waals surface area contributed by atoms with E-state index in [0.717, 1.165) is 0 Å². The largest absolute Gasteiger partial charge is 0.477 e. The number of carbonyl (C=O) groups excluding carboxylic acids is 1. The number of carboxylic acid groups (broad SMARTS) is 1. The summed E-state index contributed by atoms with van der Waals surface area (Å²) in [5, 5.41) is 19.4. The summed E-state index contributed by atoms with van der Waals surface area (Å²) in [7, 11) is 0. The number of primary amides is 1. The molecule has 0 radical (unpaired) electrons. The van der Waals surface area contributed by atoms with E-state index in [-0.39, 0.29) is 12.0 Å². The number of nitro benzene ring substituents is 1. The van der Waals surface area contributed by atoms with Crippen LogP contribution in [0, 0.1) is 27.8 Å². The van der Waals surface area contributed by atoms with Gasteiger partial charge >= 0.3 is 5.97 Å². The molecule has 0 spiro atoms. The highest BCUT2D eigenvalue weighted by atomic mass is 19.1. The summed E-state index contributed by atoms with van der Waals surface area (Å²) in [5.74, 6) is 1.02. The van der Waals surface area contributed by atoms with Gasteiger partial charge in [-0.15, -0.1) is 0 Å². The molecule has 19 heavy (non-hydrogen) atoms. The molecule has 0 aliphatic carbocycles. The second kappa shape index (κ2) is 5.59. The Morgan fingerprint density at radius 2 is 2.11 bits per heavy atom. The predicted molar refractivity (Wildman–Crippen MR) is 60.7 cm³/mol. The third-order valence-electron chi connectivity index (χ3n) is 2.00. The Hall–Kier alpha value is -2.95. The lowest BCUT2D eigenvalue weighted by Crippen LogP contribution is -2.08. The van der Waals surface area contributed by atoms with Crippen LogP contribution in [0.15, 0.2) is 12.1 Å². The number of aromatic carboxylic acids is 1. The molecule has 0 heterocycles. The van der Waals surface area contributed by atoms with Crippen LogP contribution in [0.5, 0.6) is 0 Å². The maximum atomic E-state index is 13.5. The summed E-state index contributed by atoms with van der Waals surface area (Å²) in [6.45, 7) is 0. The van der Waals surface area contributed by atoms with Gasteiger partial charge < -0.3 is 10.8 Å². The van der Waals surface area contributed by atoms with Crippen LogP contribution >= 0.6 is 0 Å². The van der Waals surface area contributed by atoms with Crippen molar-refractivity contribution in [3.05, 3.63) is 39.2 Å². The van der Waals surface area contributed by atoms with Crippen LogP contribution < -0.4 is 5.73 Å². The fraction of sp³-hybridized carbons (Fsp3) is 0.0909. The SMILES string of the molecule is NC(=O)CC#Cc1cc([N+](=O)[O-])c(C(=O)O)cc1F. The van der Waals surface area contributed by atoms with Crippen molar-refractivity contribution in [1.29, 1.82) is 0 Å². The number of nitrogens with two attached hydrogens (primary N) is 1. The van der Waals surface area contributed by atoms with Crippen molar-refractivity contribution in [3.63, 3.8) is 0 Å². The monoisotopic (exact) mass is 266 g/mol. The minimum atomic E-state index is -1.62. The molecule has 1 aromatic carbocycles. The number of benzene rings is 1. The first-order valence-corrected chi connectivity index (χ1v) is 4.81. The topological polar surface area (TPSA) is 124 Å². The third kappa shape index (κ3) is 3.50. The third-order valence-corrected chi connectivity index (χ3v) is 2.00. The Balaban J connectivity index is 3.31. The molecular weight excluding hydrogens is 259 g/mol. The molecule has 0 bridgehead atoms. The normalized spacial score (nSPS) is 9.32. The van der Waals surface area contributed by atoms with Crippen molar-refractivity contribution in [2.75, 3.05) is 0 Å². The molecule has 1 aromatic rings. The molecule has 0 saturated carbocycles. The zero-order chi connectivity index (χ0) is 14.6. The zero-order valence-corrected chi connectivity index (χ0v) is 9.34. The fourth-order valence-corrected chi connectivity index (χ4v) is 1.21. The number of halogens is 1. The van der Waals surface area contributed by atoms with Gasteiger partial charge in [0.1, 0.15) is 11.4 Å². The summed E-state index contributed by atoms with van der Waals surface area (Å²) in [5.41, 5.74) is 2.88. The molecule has 8 heteroatoms. The van der Waals surface area contributed by atoms with Crippen LogP contribution in [0.2, 0.25) is 0 Å². The van der Waals surface area contributed by atoms with Crippen molar-refractivity contribution in [3.8, 4) is 11.8 Å². The van der Waals surface area contributed by atoms with E-state index in [1.807, 2.05) is 0 Å². The first-order chi connectivity index (χ1) is 8.82. The molecule has 0 saturated heterocycles. The molecule has 7 nitrogen and oxygen atoms in total. The van der Waals surface area contributed by atoms with E-state index in [4.69, 9.17) is 10.8 Å². The van der Waals surface area contributed by atoms with Crippen LogP contribution in [0.25, 0.3) is 0 Å². The first kappa shape index (κ1) is 14.1. The number of rotatable bonds is 3. The molecule has 3 N–H and O–H groups in total. The second-order valence-electron chi connectivity index (χ2n) is 3.36. The molecular formula is C11H7FN2O5. The quantitative estimate of drug-likeness (QED) is 0.472. The van der Waals surface area contributed by atoms with Gasteiger partial charge in [-0.2, -0.15) is 0 Å². The molecule has 0 aromatic heterocycles. The molecule has 0 aliphatic heterocycles. The highest BCUT2D eigenvalue weighted by molar-refractivity contribution is 5.92. The highest BCUT2D eigenvalue weighted by Crippen LogP contribution is 2.22. The lowest BCUT2D eigenvalue weighted by molar-refractivity contribution is -0.385. The van der Waals surface area contributed by atoms with E-state index in [2.05, 4.69) is 11.8 Å². The van der Waals surface area contributed by atoms with Gasteiger partial charge in [-0.1, -0.05) is 11.8 Å². The molecule has 0 fully saturated rings. The van der Waals surface area contributed by atoms with E-state index < -0.39 is 33.9 Å². The molecule has 0 atom stereocenters. The number of hydrogen-bond donors (Lipinski definition) is 2. The van der Waals surface area contributed by atoms with Gasteiger partial charge in [0.05, 0.1) is 16.9 Å². The number of hydrogen-bond acceptors (Lipinski definition) is 4. The van der Waals surface area contributed by atoms with Gasteiger partial charge in [-0.05, 0) is 6.07 Å².